The van der Waals surface area contributed by atoms with Gasteiger partial charge in [-0.1, -0.05) is 39.8 Å². The van der Waals surface area contributed by atoms with Crippen molar-refractivity contribution in [1.29, 1.82) is 0 Å². The highest BCUT2D eigenvalue weighted by atomic mass is 32.2. The standard InChI is InChI=1S/C22H27NO2S/c1-14(2)20-13-25-22(23-20)17-9-10-21(24-5)19(12-17)16-7-6-8-18(11-16)26-15(3)4/h6-12,14-15,20H,13H2,1-5H3/t20-/m1/s1. The van der Waals surface area contributed by atoms with Gasteiger partial charge in [-0.2, -0.15) is 0 Å². The Morgan fingerprint density at radius 2 is 1.88 bits per heavy atom. The van der Waals surface area contributed by atoms with Gasteiger partial charge in [-0.05, 0) is 41.8 Å². The molecule has 0 radical (unpaired) electrons. The fourth-order valence-corrected chi connectivity index (χ4v) is 3.86. The number of hydrogen-bond donors (Lipinski definition) is 0. The second-order valence-electron chi connectivity index (χ2n) is 7.17. The van der Waals surface area contributed by atoms with Crippen molar-refractivity contribution in [3.63, 3.8) is 0 Å². The molecule has 4 heteroatoms. The molecule has 0 aliphatic carbocycles. The van der Waals surface area contributed by atoms with Crippen LogP contribution in [0, 0.1) is 5.92 Å². The lowest BCUT2D eigenvalue weighted by Crippen LogP contribution is -2.13. The number of nitrogens with zero attached hydrogens (tertiary/aromatic N) is 1. The quantitative estimate of drug-likeness (QED) is 0.615. The van der Waals surface area contributed by atoms with Gasteiger partial charge < -0.3 is 9.47 Å². The average molecular weight is 370 g/mol. The summed E-state index contributed by atoms with van der Waals surface area (Å²) in [6.07, 6.45) is 0. The summed E-state index contributed by atoms with van der Waals surface area (Å²) in [6, 6.07) is 15.0. The number of benzene rings is 2. The third kappa shape index (κ3) is 4.24. The van der Waals surface area contributed by atoms with E-state index in [4.69, 9.17) is 14.5 Å². The minimum absolute atomic E-state index is 0.237. The lowest BCUT2D eigenvalue weighted by molar-refractivity contribution is 0.292. The van der Waals surface area contributed by atoms with Gasteiger partial charge in [-0.3, -0.25) is 0 Å². The van der Waals surface area contributed by atoms with Gasteiger partial charge in [0.05, 0.1) is 13.2 Å². The maximum atomic E-state index is 5.86. The first-order valence-corrected chi connectivity index (χ1v) is 10.0. The van der Waals surface area contributed by atoms with E-state index >= 15 is 0 Å². The van der Waals surface area contributed by atoms with Crippen LogP contribution in [-0.4, -0.2) is 30.9 Å². The normalized spacial score (nSPS) is 16.7. The smallest absolute Gasteiger partial charge is 0.216 e. The summed E-state index contributed by atoms with van der Waals surface area (Å²) in [6.45, 7) is 9.43. The summed E-state index contributed by atoms with van der Waals surface area (Å²) in [5.41, 5.74) is 3.22. The Bertz CT molecular complexity index is 798. The van der Waals surface area contributed by atoms with E-state index in [1.165, 1.54) is 4.90 Å². The third-order valence-corrected chi connectivity index (χ3v) is 5.40. The molecule has 0 aromatic heterocycles. The monoisotopic (exact) mass is 369 g/mol. The Kier molecular flexibility index (Phi) is 5.92. The molecule has 2 aromatic rings. The van der Waals surface area contributed by atoms with Gasteiger partial charge in [0.15, 0.2) is 0 Å². The van der Waals surface area contributed by atoms with Gasteiger partial charge in [-0.25, -0.2) is 4.99 Å². The molecule has 0 fully saturated rings. The molecule has 0 spiro atoms. The summed E-state index contributed by atoms with van der Waals surface area (Å²) in [5.74, 6) is 2.08. The molecular formula is C22H27NO2S. The molecular weight excluding hydrogens is 342 g/mol. The second-order valence-corrected chi connectivity index (χ2v) is 8.82. The van der Waals surface area contributed by atoms with E-state index in [9.17, 15) is 0 Å². The molecule has 0 unspecified atom stereocenters. The first kappa shape index (κ1) is 18.8. The van der Waals surface area contributed by atoms with Crippen molar-refractivity contribution in [1.82, 2.24) is 0 Å². The maximum Gasteiger partial charge on any atom is 0.216 e. The summed E-state index contributed by atoms with van der Waals surface area (Å²) in [7, 11) is 1.71. The van der Waals surface area contributed by atoms with E-state index in [1.807, 2.05) is 23.9 Å². The molecule has 1 atom stereocenters. The molecule has 3 rings (SSSR count). The molecule has 0 saturated carbocycles. The van der Waals surface area contributed by atoms with Gasteiger partial charge in [0, 0.05) is 21.3 Å². The lowest BCUT2D eigenvalue weighted by Gasteiger charge is -2.13. The predicted octanol–water partition coefficient (Wildman–Crippen LogP) is 5.66. The van der Waals surface area contributed by atoms with Crippen LogP contribution in [0.5, 0.6) is 5.75 Å². The van der Waals surface area contributed by atoms with E-state index in [1.54, 1.807) is 7.11 Å². The van der Waals surface area contributed by atoms with Crippen molar-refractivity contribution in [2.24, 2.45) is 10.9 Å². The minimum atomic E-state index is 0.237. The van der Waals surface area contributed by atoms with Gasteiger partial charge in [-0.15, -0.1) is 11.8 Å². The van der Waals surface area contributed by atoms with E-state index in [0.29, 0.717) is 17.8 Å². The number of aliphatic imine (C=N–C) groups is 1. The number of ether oxygens (including phenoxy) is 2. The Labute approximate surface area is 160 Å². The van der Waals surface area contributed by atoms with Crippen LogP contribution in [0.2, 0.25) is 0 Å². The largest absolute Gasteiger partial charge is 0.496 e. The average Bonchev–Trinajstić information content (AvgIpc) is 3.11. The van der Waals surface area contributed by atoms with Crippen LogP contribution < -0.4 is 4.74 Å². The number of rotatable bonds is 6. The molecule has 0 N–H and O–H groups in total. The molecule has 3 nitrogen and oxygen atoms in total. The first-order chi connectivity index (χ1) is 12.5. The Balaban J connectivity index is 1.98. The first-order valence-electron chi connectivity index (χ1n) is 9.14. The van der Waals surface area contributed by atoms with Crippen LogP contribution in [0.1, 0.15) is 33.3 Å². The topological polar surface area (TPSA) is 30.8 Å². The Morgan fingerprint density at radius 3 is 2.54 bits per heavy atom. The van der Waals surface area contributed by atoms with Crippen molar-refractivity contribution in [2.45, 2.75) is 43.9 Å². The number of thioether (sulfide) groups is 1. The Morgan fingerprint density at radius 1 is 1.08 bits per heavy atom. The zero-order valence-corrected chi connectivity index (χ0v) is 17.0. The predicted molar refractivity (Wildman–Crippen MR) is 111 cm³/mol. The molecule has 1 aliphatic rings. The zero-order valence-electron chi connectivity index (χ0n) is 16.2. The second kappa shape index (κ2) is 8.17. The zero-order chi connectivity index (χ0) is 18.7. The molecule has 2 aromatic carbocycles. The summed E-state index contributed by atoms with van der Waals surface area (Å²) < 4.78 is 11.5. The molecule has 0 saturated heterocycles. The van der Waals surface area contributed by atoms with Crippen LogP contribution in [-0.2, 0) is 4.74 Å². The maximum absolute atomic E-state index is 5.86. The van der Waals surface area contributed by atoms with E-state index in [0.717, 1.165) is 28.3 Å². The fourth-order valence-electron chi connectivity index (χ4n) is 2.96. The van der Waals surface area contributed by atoms with Crippen LogP contribution in [0.3, 0.4) is 0 Å². The highest BCUT2D eigenvalue weighted by Gasteiger charge is 2.23. The van der Waals surface area contributed by atoms with Crippen LogP contribution in [0.15, 0.2) is 52.4 Å². The van der Waals surface area contributed by atoms with Gasteiger partial charge >= 0.3 is 0 Å². The van der Waals surface area contributed by atoms with Gasteiger partial charge in [0.2, 0.25) is 5.90 Å². The lowest BCUT2D eigenvalue weighted by atomic mass is 10.0. The van der Waals surface area contributed by atoms with Crippen LogP contribution in [0.4, 0.5) is 0 Å². The molecule has 0 bridgehead atoms. The number of methoxy groups -OCH3 is 1. The molecule has 1 aliphatic heterocycles. The Hall–Kier alpha value is -1.94. The SMILES string of the molecule is COc1ccc(C2=N[C@@H](C(C)C)CO2)cc1-c1cccc(SC(C)C)c1. The number of hydrogen-bond acceptors (Lipinski definition) is 4. The van der Waals surface area contributed by atoms with Gasteiger partial charge in [0.25, 0.3) is 0 Å². The van der Waals surface area contributed by atoms with Crippen molar-refractivity contribution < 1.29 is 9.47 Å². The third-order valence-electron chi connectivity index (χ3n) is 4.41. The van der Waals surface area contributed by atoms with Crippen molar-refractivity contribution >= 4 is 17.7 Å². The fraction of sp³-hybridized carbons (Fsp3) is 0.409. The van der Waals surface area contributed by atoms with Crippen LogP contribution in [0.25, 0.3) is 11.1 Å². The molecule has 26 heavy (non-hydrogen) atoms. The van der Waals surface area contributed by atoms with E-state index in [-0.39, 0.29) is 6.04 Å². The molecule has 1 heterocycles. The van der Waals surface area contributed by atoms with E-state index < -0.39 is 0 Å². The van der Waals surface area contributed by atoms with Crippen molar-refractivity contribution in [2.75, 3.05) is 13.7 Å². The van der Waals surface area contributed by atoms with Gasteiger partial charge in [0.1, 0.15) is 12.4 Å². The van der Waals surface area contributed by atoms with Crippen molar-refractivity contribution in [3.8, 4) is 16.9 Å². The van der Waals surface area contributed by atoms with Crippen molar-refractivity contribution in [3.05, 3.63) is 48.0 Å². The highest BCUT2D eigenvalue weighted by molar-refractivity contribution is 7.99. The summed E-state index contributed by atoms with van der Waals surface area (Å²) in [4.78, 5) is 6.02. The summed E-state index contributed by atoms with van der Waals surface area (Å²) in [5, 5.41) is 0.549. The minimum Gasteiger partial charge on any atom is -0.496 e. The van der Waals surface area contributed by atoms with Crippen LogP contribution >= 0.6 is 11.8 Å². The van der Waals surface area contributed by atoms with E-state index in [2.05, 4.69) is 58.0 Å². The highest BCUT2D eigenvalue weighted by Crippen LogP contribution is 2.34. The molecule has 0 amide bonds. The molecule has 138 valence electrons. The summed E-state index contributed by atoms with van der Waals surface area (Å²) >= 11 is 1.86.